The topological polar surface area (TPSA) is 55.0 Å². The lowest BCUT2D eigenvalue weighted by Crippen LogP contribution is -2.39. The van der Waals surface area contributed by atoms with Gasteiger partial charge in [0.1, 0.15) is 5.01 Å². The van der Waals surface area contributed by atoms with Gasteiger partial charge in [-0.2, -0.15) is 0 Å². The molecular weight excluding hydrogens is 244 g/mol. The minimum absolute atomic E-state index is 0.350. The van der Waals surface area contributed by atoms with Crippen molar-refractivity contribution < 1.29 is 0 Å². The molecule has 94 valence electrons. The van der Waals surface area contributed by atoms with Crippen molar-refractivity contribution in [1.29, 1.82) is 0 Å². The summed E-state index contributed by atoms with van der Waals surface area (Å²) >= 11 is 1.66. The van der Waals surface area contributed by atoms with E-state index >= 15 is 0 Å². The van der Waals surface area contributed by atoms with Crippen LogP contribution in [0.15, 0.2) is 30.3 Å². The first-order valence-electron chi connectivity index (χ1n) is 6.22. The first-order chi connectivity index (χ1) is 8.83. The molecule has 1 aromatic carbocycles. The molecule has 3 rings (SSSR count). The molecule has 0 aliphatic carbocycles. The highest BCUT2D eigenvalue weighted by Crippen LogP contribution is 2.29. The van der Waals surface area contributed by atoms with Gasteiger partial charge in [0.15, 0.2) is 0 Å². The highest BCUT2D eigenvalue weighted by Gasteiger charge is 2.19. The lowest BCUT2D eigenvalue weighted by Gasteiger charge is -2.29. The van der Waals surface area contributed by atoms with Crippen molar-refractivity contribution in [3.05, 3.63) is 30.3 Å². The maximum Gasteiger partial charge on any atom is 0.208 e. The normalized spacial score (nSPS) is 17.1. The Morgan fingerprint density at radius 2 is 1.83 bits per heavy atom. The molecule has 1 aromatic heterocycles. The van der Waals surface area contributed by atoms with Gasteiger partial charge in [-0.3, -0.25) is 0 Å². The molecule has 2 heterocycles. The van der Waals surface area contributed by atoms with E-state index in [1.54, 1.807) is 11.3 Å². The molecule has 1 fully saturated rings. The van der Waals surface area contributed by atoms with Crippen LogP contribution in [0.2, 0.25) is 0 Å². The van der Waals surface area contributed by atoms with Crippen molar-refractivity contribution in [2.75, 3.05) is 18.0 Å². The summed E-state index contributed by atoms with van der Waals surface area (Å²) in [6.45, 7) is 1.98. The van der Waals surface area contributed by atoms with Gasteiger partial charge in [-0.1, -0.05) is 41.7 Å². The number of nitrogens with zero attached hydrogens (tertiary/aromatic N) is 3. The third kappa shape index (κ3) is 2.37. The lowest BCUT2D eigenvalue weighted by atomic mass is 10.1. The van der Waals surface area contributed by atoms with Crippen LogP contribution >= 0.6 is 11.3 Å². The van der Waals surface area contributed by atoms with Crippen LogP contribution in [0.1, 0.15) is 12.8 Å². The summed E-state index contributed by atoms with van der Waals surface area (Å²) in [5, 5.41) is 10.6. The number of anilines is 1. The van der Waals surface area contributed by atoms with Crippen LogP contribution in [0.3, 0.4) is 0 Å². The van der Waals surface area contributed by atoms with E-state index in [1.165, 1.54) is 0 Å². The predicted octanol–water partition coefficient (Wildman–Crippen LogP) is 2.13. The standard InChI is InChI=1S/C13H16N4S/c14-11-6-8-17(9-7-11)13-16-15-12(18-13)10-4-2-1-3-5-10/h1-5,11H,6-9,14H2. The number of hydrogen-bond donors (Lipinski definition) is 1. The molecule has 4 nitrogen and oxygen atoms in total. The first kappa shape index (κ1) is 11.6. The molecule has 0 atom stereocenters. The molecule has 1 saturated heterocycles. The molecule has 1 aliphatic rings. The minimum Gasteiger partial charge on any atom is -0.347 e. The summed E-state index contributed by atoms with van der Waals surface area (Å²) < 4.78 is 0. The largest absolute Gasteiger partial charge is 0.347 e. The van der Waals surface area contributed by atoms with Crippen LogP contribution in [0.4, 0.5) is 5.13 Å². The van der Waals surface area contributed by atoms with Gasteiger partial charge in [-0.15, -0.1) is 10.2 Å². The monoisotopic (exact) mass is 260 g/mol. The Balaban J connectivity index is 1.78. The zero-order chi connectivity index (χ0) is 12.4. The van der Waals surface area contributed by atoms with Crippen LogP contribution in [-0.2, 0) is 0 Å². The number of piperidine rings is 1. The smallest absolute Gasteiger partial charge is 0.208 e. The lowest BCUT2D eigenvalue weighted by molar-refractivity contribution is 0.500. The summed E-state index contributed by atoms with van der Waals surface area (Å²) in [6.07, 6.45) is 2.08. The molecule has 0 saturated carbocycles. The summed E-state index contributed by atoms with van der Waals surface area (Å²) in [5.41, 5.74) is 7.05. The molecule has 2 N–H and O–H groups in total. The fourth-order valence-corrected chi connectivity index (χ4v) is 3.03. The first-order valence-corrected chi connectivity index (χ1v) is 7.04. The van der Waals surface area contributed by atoms with Gasteiger partial charge >= 0.3 is 0 Å². The Morgan fingerprint density at radius 1 is 1.11 bits per heavy atom. The maximum atomic E-state index is 5.91. The average molecular weight is 260 g/mol. The summed E-state index contributed by atoms with van der Waals surface area (Å²) in [4.78, 5) is 2.29. The van der Waals surface area contributed by atoms with Gasteiger partial charge in [0.05, 0.1) is 0 Å². The molecule has 0 bridgehead atoms. The van der Waals surface area contributed by atoms with E-state index in [-0.39, 0.29) is 0 Å². The van der Waals surface area contributed by atoms with E-state index in [0.717, 1.165) is 41.6 Å². The third-order valence-corrected chi connectivity index (χ3v) is 4.28. The van der Waals surface area contributed by atoms with E-state index in [0.29, 0.717) is 6.04 Å². The van der Waals surface area contributed by atoms with E-state index in [1.807, 2.05) is 18.2 Å². The minimum atomic E-state index is 0.350. The Labute approximate surface area is 110 Å². The Hall–Kier alpha value is -1.46. The number of nitrogens with two attached hydrogens (primary N) is 1. The van der Waals surface area contributed by atoms with Gasteiger partial charge < -0.3 is 10.6 Å². The second-order valence-corrected chi connectivity index (χ2v) is 5.54. The van der Waals surface area contributed by atoms with E-state index < -0.39 is 0 Å². The Kier molecular flexibility index (Phi) is 3.25. The number of aromatic nitrogens is 2. The molecule has 5 heteroatoms. The maximum absolute atomic E-state index is 5.91. The number of benzene rings is 1. The third-order valence-electron chi connectivity index (χ3n) is 3.25. The molecule has 1 aliphatic heterocycles. The zero-order valence-corrected chi connectivity index (χ0v) is 10.9. The van der Waals surface area contributed by atoms with E-state index in [9.17, 15) is 0 Å². The Morgan fingerprint density at radius 3 is 2.56 bits per heavy atom. The molecule has 0 amide bonds. The van der Waals surface area contributed by atoms with Gasteiger partial charge in [-0.05, 0) is 12.8 Å². The van der Waals surface area contributed by atoms with Gasteiger partial charge in [0.25, 0.3) is 0 Å². The van der Waals surface area contributed by atoms with Crippen molar-refractivity contribution in [2.45, 2.75) is 18.9 Å². The van der Waals surface area contributed by atoms with E-state index in [2.05, 4.69) is 27.2 Å². The fourth-order valence-electron chi connectivity index (χ4n) is 2.13. The summed E-state index contributed by atoms with van der Waals surface area (Å²) in [5.74, 6) is 0. The summed E-state index contributed by atoms with van der Waals surface area (Å²) in [6, 6.07) is 10.5. The second kappa shape index (κ2) is 5.04. The molecule has 0 unspecified atom stereocenters. The number of hydrogen-bond acceptors (Lipinski definition) is 5. The van der Waals surface area contributed by atoms with Crippen molar-refractivity contribution in [2.24, 2.45) is 5.73 Å². The van der Waals surface area contributed by atoms with Crippen LogP contribution in [0.5, 0.6) is 0 Å². The molecule has 0 radical (unpaired) electrons. The van der Waals surface area contributed by atoms with Crippen molar-refractivity contribution in [1.82, 2.24) is 10.2 Å². The fraction of sp³-hybridized carbons (Fsp3) is 0.385. The zero-order valence-electron chi connectivity index (χ0n) is 10.1. The van der Waals surface area contributed by atoms with Crippen LogP contribution in [-0.4, -0.2) is 29.3 Å². The average Bonchev–Trinajstić information content (AvgIpc) is 2.90. The van der Waals surface area contributed by atoms with Crippen LogP contribution < -0.4 is 10.6 Å². The molecule has 18 heavy (non-hydrogen) atoms. The summed E-state index contributed by atoms with van der Waals surface area (Å²) in [7, 11) is 0. The Bertz CT molecular complexity index is 503. The van der Waals surface area contributed by atoms with Gasteiger partial charge in [0, 0.05) is 24.7 Å². The van der Waals surface area contributed by atoms with Crippen molar-refractivity contribution >= 4 is 16.5 Å². The van der Waals surface area contributed by atoms with Gasteiger partial charge in [0.2, 0.25) is 5.13 Å². The van der Waals surface area contributed by atoms with Crippen molar-refractivity contribution in [3.63, 3.8) is 0 Å². The predicted molar refractivity (Wildman–Crippen MR) is 74.8 cm³/mol. The van der Waals surface area contributed by atoms with Crippen LogP contribution in [0, 0.1) is 0 Å². The molecular formula is C13H16N4S. The molecule has 0 spiro atoms. The molecule has 2 aromatic rings. The SMILES string of the molecule is NC1CCN(c2nnc(-c3ccccc3)s2)CC1. The van der Waals surface area contributed by atoms with E-state index in [4.69, 9.17) is 5.73 Å². The van der Waals surface area contributed by atoms with Gasteiger partial charge in [-0.25, -0.2) is 0 Å². The number of rotatable bonds is 2. The second-order valence-electron chi connectivity index (χ2n) is 4.58. The highest BCUT2D eigenvalue weighted by atomic mass is 32.1. The highest BCUT2D eigenvalue weighted by molar-refractivity contribution is 7.18. The van der Waals surface area contributed by atoms with Crippen molar-refractivity contribution in [3.8, 4) is 10.6 Å². The quantitative estimate of drug-likeness (QED) is 0.898. The van der Waals surface area contributed by atoms with Crippen LogP contribution in [0.25, 0.3) is 10.6 Å².